The highest BCUT2D eigenvalue weighted by Crippen LogP contribution is 2.13. The number of alkyl halides is 3. The van der Waals surface area contributed by atoms with Gasteiger partial charge in [-0.1, -0.05) is 30.3 Å². The zero-order valence-electron chi connectivity index (χ0n) is 11.7. The number of rotatable bonds is 4. The molecule has 0 saturated heterocycles. The Balaban J connectivity index is 0.000000534. The van der Waals surface area contributed by atoms with E-state index in [1.165, 1.54) is 4.90 Å². The lowest BCUT2D eigenvalue weighted by atomic mass is 10.2. The monoisotopic (exact) mass is 322 g/mol. The highest BCUT2D eigenvalue weighted by atomic mass is 19.4. The summed E-state index contributed by atoms with van der Waals surface area (Å²) in [5.74, 6) is -2.76. The number of hydrogen-bond donors (Lipinski definition) is 3. The van der Waals surface area contributed by atoms with E-state index >= 15 is 0 Å². The maximum atomic E-state index is 10.9. The lowest BCUT2D eigenvalue weighted by Crippen LogP contribution is -2.38. The first kappa shape index (κ1) is 19.7. The van der Waals surface area contributed by atoms with Crippen LogP contribution in [0.25, 0.3) is 0 Å². The van der Waals surface area contributed by atoms with Crippen LogP contribution in [0.3, 0.4) is 0 Å². The summed E-state index contributed by atoms with van der Waals surface area (Å²) >= 11 is 0. The molecule has 1 amide bonds. The van der Waals surface area contributed by atoms with Crippen molar-refractivity contribution in [3.05, 3.63) is 35.9 Å². The van der Waals surface area contributed by atoms with Crippen molar-refractivity contribution in [1.29, 1.82) is 0 Å². The van der Waals surface area contributed by atoms with Gasteiger partial charge < -0.3 is 20.8 Å². The van der Waals surface area contributed by atoms with Gasteiger partial charge in [-0.05, 0) is 12.5 Å². The minimum absolute atomic E-state index is 0.148. The molecule has 0 aliphatic rings. The molecule has 9 heteroatoms. The number of aliphatic carboxylic acids is 1. The van der Waals surface area contributed by atoms with Gasteiger partial charge in [0, 0.05) is 19.1 Å². The molecular weight excluding hydrogens is 305 g/mol. The van der Waals surface area contributed by atoms with E-state index in [0.717, 1.165) is 5.56 Å². The first-order valence-electron chi connectivity index (χ1n) is 6.11. The van der Waals surface area contributed by atoms with Gasteiger partial charge in [0.05, 0.1) is 0 Å². The predicted molar refractivity (Wildman–Crippen MR) is 72.2 cm³/mol. The van der Waals surface area contributed by atoms with E-state index in [1.807, 2.05) is 30.3 Å². The quantitative estimate of drug-likeness (QED) is 0.788. The van der Waals surface area contributed by atoms with Gasteiger partial charge in [0.25, 0.3) is 0 Å². The molecule has 1 aromatic rings. The summed E-state index contributed by atoms with van der Waals surface area (Å²) in [5, 5.41) is 16.1. The summed E-state index contributed by atoms with van der Waals surface area (Å²) in [4.78, 5) is 21.1. The molecule has 0 aliphatic heterocycles. The molecule has 1 unspecified atom stereocenters. The van der Waals surface area contributed by atoms with Crippen molar-refractivity contribution in [3.8, 4) is 0 Å². The lowest BCUT2D eigenvalue weighted by molar-refractivity contribution is -0.192. The number of halogens is 3. The first-order chi connectivity index (χ1) is 10.0. The van der Waals surface area contributed by atoms with Gasteiger partial charge in [0.1, 0.15) is 0 Å². The Morgan fingerprint density at radius 1 is 1.23 bits per heavy atom. The fourth-order valence-electron chi connectivity index (χ4n) is 1.36. The van der Waals surface area contributed by atoms with Crippen LogP contribution in [0, 0.1) is 0 Å². The molecule has 0 saturated carbocycles. The minimum Gasteiger partial charge on any atom is -0.475 e. The molecule has 22 heavy (non-hydrogen) atoms. The molecule has 0 radical (unpaired) electrons. The van der Waals surface area contributed by atoms with Crippen LogP contribution in [-0.4, -0.2) is 45.9 Å². The van der Waals surface area contributed by atoms with Crippen molar-refractivity contribution in [2.24, 2.45) is 5.73 Å². The molecular formula is C13H17F3N2O4. The number of carbonyl (C=O) groups is 2. The third kappa shape index (κ3) is 8.80. The second kappa shape index (κ2) is 8.88. The van der Waals surface area contributed by atoms with Crippen molar-refractivity contribution < 1.29 is 33.0 Å². The van der Waals surface area contributed by atoms with E-state index in [0.29, 0.717) is 13.1 Å². The van der Waals surface area contributed by atoms with E-state index < -0.39 is 18.2 Å². The summed E-state index contributed by atoms with van der Waals surface area (Å²) in [7, 11) is 0. The minimum atomic E-state index is -5.08. The topological polar surface area (TPSA) is 104 Å². The highest BCUT2D eigenvalue weighted by molar-refractivity contribution is 5.73. The second-order valence-corrected chi connectivity index (χ2v) is 4.43. The van der Waals surface area contributed by atoms with Gasteiger partial charge in [-0.3, -0.25) is 0 Å². The zero-order chi connectivity index (χ0) is 17.3. The number of carboxylic acids is 1. The first-order valence-corrected chi connectivity index (χ1v) is 6.11. The van der Waals surface area contributed by atoms with E-state index in [2.05, 4.69) is 0 Å². The summed E-state index contributed by atoms with van der Waals surface area (Å²) in [6, 6.07) is 9.33. The molecule has 0 aromatic heterocycles. The van der Waals surface area contributed by atoms with Crippen LogP contribution in [-0.2, 0) is 11.3 Å². The Kier molecular flexibility index (Phi) is 7.95. The average molecular weight is 322 g/mol. The van der Waals surface area contributed by atoms with Gasteiger partial charge in [-0.25, -0.2) is 9.59 Å². The molecule has 0 fully saturated rings. The van der Waals surface area contributed by atoms with Crippen LogP contribution in [0.4, 0.5) is 18.0 Å². The SMILES string of the molecule is CC(N)CN(Cc1ccccc1)C(=O)O.O=C(O)C(F)(F)F. The number of nitrogens with two attached hydrogens (primary N) is 1. The molecule has 1 rings (SSSR count). The van der Waals surface area contributed by atoms with Crippen LogP contribution in [0.1, 0.15) is 12.5 Å². The van der Waals surface area contributed by atoms with Crippen LogP contribution in [0.5, 0.6) is 0 Å². The van der Waals surface area contributed by atoms with Crippen LogP contribution < -0.4 is 5.73 Å². The number of carboxylic acid groups (broad SMARTS) is 2. The number of nitrogens with zero attached hydrogens (tertiary/aromatic N) is 1. The molecule has 124 valence electrons. The van der Waals surface area contributed by atoms with Crippen molar-refractivity contribution >= 4 is 12.1 Å². The van der Waals surface area contributed by atoms with Crippen LogP contribution >= 0.6 is 0 Å². The zero-order valence-corrected chi connectivity index (χ0v) is 11.7. The molecule has 1 atom stereocenters. The lowest BCUT2D eigenvalue weighted by Gasteiger charge is -2.21. The van der Waals surface area contributed by atoms with Gasteiger partial charge in [-0.2, -0.15) is 13.2 Å². The standard InChI is InChI=1S/C11H16N2O2.C2HF3O2/c1-9(12)7-13(11(14)15)8-10-5-3-2-4-6-10;3-2(4,5)1(6)7/h2-6,9H,7-8,12H2,1H3,(H,14,15);(H,6,7). The average Bonchev–Trinajstić information content (AvgIpc) is 2.38. The Morgan fingerprint density at radius 3 is 2.00 bits per heavy atom. The molecule has 0 heterocycles. The van der Waals surface area contributed by atoms with Crippen molar-refractivity contribution in [2.75, 3.05) is 6.54 Å². The normalized spacial score (nSPS) is 11.9. The number of amides is 1. The molecule has 0 aliphatic carbocycles. The maximum absolute atomic E-state index is 10.9. The Hall–Kier alpha value is -2.29. The largest absolute Gasteiger partial charge is 0.490 e. The maximum Gasteiger partial charge on any atom is 0.490 e. The molecule has 0 spiro atoms. The fourth-order valence-corrected chi connectivity index (χ4v) is 1.36. The van der Waals surface area contributed by atoms with E-state index in [9.17, 15) is 18.0 Å². The summed E-state index contributed by atoms with van der Waals surface area (Å²) < 4.78 is 31.7. The summed E-state index contributed by atoms with van der Waals surface area (Å²) in [6.07, 6.45) is -6.02. The number of hydrogen-bond acceptors (Lipinski definition) is 3. The van der Waals surface area contributed by atoms with Gasteiger partial charge in [0.15, 0.2) is 0 Å². The molecule has 1 aromatic carbocycles. The van der Waals surface area contributed by atoms with E-state index in [4.69, 9.17) is 20.7 Å². The van der Waals surface area contributed by atoms with E-state index in [-0.39, 0.29) is 6.04 Å². The van der Waals surface area contributed by atoms with Crippen molar-refractivity contribution in [2.45, 2.75) is 25.7 Å². The fraction of sp³-hybridized carbons (Fsp3) is 0.385. The van der Waals surface area contributed by atoms with Crippen LogP contribution in [0.15, 0.2) is 30.3 Å². The van der Waals surface area contributed by atoms with Gasteiger partial charge in [0.2, 0.25) is 0 Å². The van der Waals surface area contributed by atoms with E-state index in [1.54, 1.807) is 6.92 Å². The van der Waals surface area contributed by atoms with Crippen molar-refractivity contribution in [1.82, 2.24) is 4.90 Å². The molecule has 6 nitrogen and oxygen atoms in total. The van der Waals surface area contributed by atoms with Gasteiger partial charge >= 0.3 is 18.2 Å². The highest BCUT2D eigenvalue weighted by Gasteiger charge is 2.38. The third-order valence-corrected chi connectivity index (χ3v) is 2.24. The Morgan fingerprint density at radius 2 is 1.68 bits per heavy atom. The van der Waals surface area contributed by atoms with Crippen molar-refractivity contribution in [3.63, 3.8) is 0 Å². The predicted octanol–water partition coefficient (Wildman–Crippen LogP) is 2.15. The summed E-state index contributed by atoms with van der Waals surface area (Å²) in [6.45, 7) is 2.53. The van der Waals surface area contributed by atoms with Crippen LogP contribution in [0.2, 0.25) is 0 Å². The number of benzene rings is 1. The Bertz CT molecular complexity index is 478. The molecule has 0 bridgehead atoms. The molecule has 4 N–H and O–H groups in total. The van der Waals surface area contributed by atoms with Gasteiger partial charge in [-0.15, -0.1) is 0 Å². The third-order valence-electron chi connectivity index (χ3n) is 2.24. The smallest absolute Gasteiger partial charge is 0.475 e. The summed E-state index contributed by atoms with van der Waals surface area (Å²) in [5.41, 5.74) is 6.55. The second-order valence-electron chi connectivity index (χ2n) is 4.43. The Labute approximate surface area is 124 Å².